The first kappa shape index (κ1) is 24.7. The molecule has 1 saturated heterocycles. The molecule has 0 unspecified atom stereocenters. The Hall–Kier alpha value is -3.64. The Balaban J connectivity index is 1.36. The number of oxazole rings is 1. The number of hydrogen-bond donors (Lipinski definition) is 1. The molecule has 6 heteroatoms. The summed E-state index contributed by atoms with van der Waals surface area (Å²) in [7, 11) is 0. The largest absolute Gasteiger partial charge is 0.508 e. The van der Waals surface area contributed by atoms with Crippen molar-refractivity contribution in [2.75, 3.05) is 26.3 Å². The molecule has 196 valence electrons. The van der Waals surface area contributed by atoms with Crippen molar-refractivity contribution < 1.29 is 18.7 Å². The van der Waals surface area contributed by atoms with Crippen LogP contribution >= 0.6 is 0 Å². The second-order valence-electron chi connectivity index (χ2n) is 10.4. The van der Waals surface area contributed by atoms with Gasteiger partial charge in [0.1, 0.15) is 23.1 Å². The minimum absolute atomic E-state index is 0.133. The Morgan fingerprint density at radius 3 is 2.74 bits per heavy atom. The number of phenols is 1. The number of likely N-dealkylation sites (tertiary alicyclic amines) is 1. The molecule has 0 bridgehead atoms. The van der Waals surface area contributed by atoms with Crippen molar-refractivity contribution in [3.8, 4) is 11.5 Å². The lowest BCUT2D eigenvalue weighted by molar-refractivity contribution is 0.198. The maximum absolute atomic E-state index is 12.5. The van der Waals surface area contributed by atoms with E-state index >= 15 is 0 Å². The maximum Gasteiger partial charge on any atom is 0.192 e. The van der Waals surface area contributed by atoms with E-state index in [9.17, 15) is 9.50 Å². The fourth-order valence-electron chi connectivity index (χ4n) is 5.89. The number of phenolic OH excluding ortho intramolecular Hbond substituents is 1. The van der Waals surface area contributed by atoms with Crippen LogP contribution in [0, 0.1) is 6.92 Å². The van der Waals surface area contributed by atoms with Gasteiger partial charge in [-0.25, -0.2) is 4.98 Å². The Bertz CT molecular complexity index is 1470. The number of benzene rings is 3. The summed E-state index contributed by atoms with van der Waals surface area (Å²) < 4.78 is 24.7. The predicted octanol–water partition coefficient (Wildman–Crippen LogP) is 6.95. The molecule has 0 spiro atoms. The molecule has 4 aromatic rings. The van der Waals surface area contributed by atoms with Gasteiger partial charge in [0.25, 0.3) is 0 Å². The second kappa shape index (κ2) is 10.6. The molecule has 1 N–H and O–H groups in total. The average molecular weight is 513 g/mol. The summed E-state index contributed by atoms with van der Waals surface area (Å²) in [5.74, 6) is 1.81. The molecule has 2 aliphatic rings. The number of nitrogens with zero attached hydrogens (tertiary/aromatic N) is 2. The first-order valence-corrected chi connectivity index (χ1v) is 13.6. The number of alkyl halides is 1. The highest BCUT2D eigenvalue weighted by Gasteiger charge is 2.24. The number of ether oxygens (including phenoxy) is 1. The fourth-order valence-corrected chi connectivity index (χ4v) is 5.89. The number of fused-ring (bicyclic) bond motifs is 2. The average Bonchev–Trinajstić information content (AvgIpc) is 3.47. The van der Waals surface area contributed by atoms with Crippen molar-refractivity contribution in [3.05, 3.63) is 88.8 Å². The summed E-state index contributed by atoms with van der Waals surface area (Å²) in [5, 5.41) is 10.2. The third-order valence-electron chi connectivity index (χ3n) is 7.66. The zero-order chi connectivity index (χ0) is 26.1. The van der Waals surface area contributed by atoms with Crippen LogP contribution in [0.2, 0.25) is 0 Å². The first-order chi connectivity index (χ1) is 18.6. The SMILES string of the molecule is Cc1nc2ccc(C3=C(c4ccc(O[C@H]5CCN(CCCF)C5)cc4)c4ccc(O)cc4CCC3)cc2o1. The van der Waals surface area contributed by atoms with Gasteiger partial charge >= 0.3 is 0 Å². The van der Waals surface area contributed by atoms with Gasteiger partial charge in [0, 0.05) is 26.6 Å². The third-order valence-corrected chi connectivity index (χ3v) is 7.66. The van der Waals surface area contributed by atoms with Gasteiger partial charge in [0.2, 0.25) is 0 Å². The van der Waals surface area contributed by atoms with E-state index in [1.165, 1.54) is 11.1 Å². The summed E-state index contributed by atoms with van der Waals surface area (Å²) in [6.45, 7) is 4.20. The molecule has 38 heavy (non-hydrogen) atoms. The van der Waals surface area contributed by atoms with Crippen LogP contribution in [-0.4, -0.2) is 47.4 Å². The predicted molar refractivity (Wildman–Crippen MR) is 148 cm³/mol. The number of allylic oxidation sites excluding steroid dienone is 1. The molecule has 1 aliphatic carbocycles. The van der Waals surface area contributed by atoms with Gasteiger partial charge in [-0.1, -0.05) is 24.3 Å². The van der Waals surface area contributed by atoms with Gasteiger partial charge in [0.05, 0.1) is 6.67 Å². The van der Waals surface area contributed by atoms with Crippen molar-refractivity contribution in [1.29, 1.82) is 0 Å². The van der Waals surface area contributed by atoms with E-state index in [-0.39, 0.29) is 12.8 Å². The number of halogens is 1. The van der Waals surface area contributed by atoms with E-state index in [1.54, 1.807) is 6.07 Å². The number of aromatic nitrogens is 1. The van der Waals surface area contributed by atoms with E-state index < -0.39 is 0 Å². The number of aryl methyl sites for hydroxylation is 2. The van der Waals surface area contributed by atoms with Gasteiger partial charge in [-0.3, -0.25) is 9.29 Å². The standard InChI is InChI=1S/C32H33FN2O3/c1-21-34-30-13-8-24(19-31(30)37-21)28-5-2-4-23-18-25(36)9-12-29(23)32(28)22-6-10-26(11-7-22)38-27-14-17-35(20-27)16-3-15-33/h6-13,18-19,27,36H,2-5,14-17,20H2,1H3/t27-/m0/s1. The quantitative estimate of drug-likeness (QED) is 0.290. The first-order valence-electron chi connectivity index (χ1n) is 13.6. The Morgan fingerprint density at radius 1 is 1.05 bits per heavy atom. The topological polar surface area (TPSA) is 58.7 Å². The third kappa shape index (κ3) is 5.05. The number of hydrogen-bond acceptors (Lipinski definition) is 5. The molecular weight excluding hydrogens is 479 g/mol. The van der Waals surface area contributed by atoms with E-state index in [1.807, 2.05) is 25.1 Å². The summed E-state index contributed by atoms with van der Waals surface area (Å²) >= 11 is 0. The van der Waals surface area contributed by atoms with E-state index in [4.69, 9.17) is 9.15 Å². The molecule has 1 atom stereocenters. The zero-order valence-corrected chi connectivity index (χ0v) is 21.8. The minimum Gasteiger partial charge on any atom is -0.508 e. The fraction of sp³-hybridized carbons (Fsp3) is 0.344. The molecule has 0 radical (unpaired) electrons. The smallest absolute Gasteiger partial charge is 0.192 e. The van der Waals surface area contributed by atoms with E-state index in [2.05, 4.69) is 46.3 Å². The van der Waals surface area contributed by atoms with Crippen molar-refractivity contribution >= 4 is 22.2 Å². The van der Waals surface area contributed by atoms with E-state index in [0.717, 1.165) is 84.4 Å². The van der Waals surface area contributed by atoms with Crippen LogP contribution < -0.4 is 4.74 Å². The molecular formula is C32H33FN2O3. The maximum atomic E-state index is 12.5. The monoisotopic (exact) mass is 512 g/mol. The van der Waals surface area contributed by atoms with Gasteiger partial charge < -0.3 is 14.3 Å². The molecule has 3 aromatic carbocycles. The highest BCUT2D eigenvalue weighted by molar-refractivity contribution is 6.01. The van der Waals surface area contributed by atoms with Crippen LogP contribution in [-0.2, 0) is 6.42 Å². The zero-order valence-electron chi connectivity index (χ0n) is 21.8. The number of rotatable bonds is 7. The summed E-state index contributed by atoms with van der Waals surface area (Å²) in [5.41, 5.74) is 8.65. The van der Waals surface area contributed by atoms with Crippen LogP contribution in [0.4, 0.5) is 4.39 Å². The lowest BCUT2D eigenvalue weighted by Crippen LogP contribution is -2.26. The van der Waals surface area contributed by atoms with Crippen LogP contribution in [0.15, 0.2) is 65.1 Å². The molecule has 1 fully saturated rings. The Morgan fingerprint density at radius 2 is 1.89 bits per heavy atom. The summed E-state index contributed by atoms with van der Waals surface area (Å²) in [6, 6.07) is 20.4. The lowest BCUT2D eigenvalue weighted by atomic mass is 9.87. The van der Waals surface area contributed by atoms with Gasteiger partial charge in [-0.05, 0) is 102 Å². The normalized spacial score (nSPS) is 18.1. The molecule has 2 heterocycles. The van der Waals surface area contributed by atoms with Crippen molar-refractivity contribution in [2.45, 2.75) is 45.1 Å². The lowest BCUT2D eigenvalue weighted by Gasteiger charge is -2.18. The van der Waals surface area contributed by atoms with Crippen molar-refractivity contribution in [2.24, 2.45) is 0 Å². The highest BCUT2D eigenvalue weighted by Crippen LogP contribution is 2.41. The number of aromatic hydroxyl groups is 1. The molecule has 5 nitrogen and oxygen atoms in total. The molecule has 0 amide bonds. The molecule has 1 aliphatic heterocycles. The highest BCUT2D eigenvalue weighted by atomic mass is 19.1. The van der Waals surface area contributed by atoms with Gasteiger partial charge in [-0.15, -0.1) is 0 Å². The van der Waals surface area contributed by atoms with Crippen LogP contribution in [0.1, 0.15) is 53.8 Å². The van der Waals surface area contributed by atoms with Crippen LogP contribution in [0.25, 0.3) is 22.2 Å². The second-order valence-corrected chi connectivity index (χ2v) is 10.4. The molecule has 1 aromatic heterocycles. The van der Waals surface area contributed by atoms with E-state index in [0.29, 0.717) is 18.1 Å². The van der Waals surface area contributed by atoms with Gasteiger partial charge in [0.15, 0.2) is 11.5 Å². The summed E-state index contributed by atoms with van der Waals surface area (Å²) in [4.78, 5) is 6.75. The Kier molecular flexibility index (Phi) is 6.90. The van der Waals surface area contributed by atoms with Crippen LogP contribution in [0.3, 0.4) is 0 Å². The summed E-state index contributed by atoms with van der Waals surface area (Å²) in [6.07, 6.45) is 4.49. The van der Waals surface area contributed by atoms with Gasteiger partial charge in [-0.2, -0.15) is 0 Å². The molecule has 0 saturated carbocycles. The minimum atomic E-state index is -0.268. The van der Waals surface area contributed by atoms with Crippen molar-refractivity contribution in [1.82, 2.24) is 9.88 Å². The van der Waals surface area contributed by atoms with Crippen LogP contribution in [0.5, 0.6) is 11.5 Å². The molecule has 6 rings (SSSR count). The Labute approximate surface area is 222 Å². The van der Waals surface area contributed by atoms with Crippen molar-refractivity contribution in [3.63, 3.8) is 0 Å².